The lowest BCUT2D eigenvalue weighted by Crippen LogP contribution is -2.37. The molecule has 0 aromatic carbocycles. The molecule has 2 aromatic rings. The summed E-state index contributed by atoms with van der Waals surface area (Å²) in [5.74, 6) is 0.917. The van der Waals surface area contributed by atoms with E-state index in [9.17, 15) is 0 Å². The third-order valence-corrected chi connectivity index (χ3v) is 3.66. The first-order valence-electron chi connectivity index (χ1n) is 7.38. The van der Waals surface area contributed by atoms with Crippen LogP contribution in [-0.2, 0) is 20.0 Å². The lowest BCUT2D eigenvalue weighted by molar-refractivity contribution is 0.429. The molecule has 1 N–H and O–H groups in total. The van der Waals surface area contributed by atoms with Crippen molar-refractivity contribution in [2.45, 2.75) is 53.1 Å². The number of nitrogens with zero attached hydrogens (tertiary/aromatic N) is 5. The van der Waals surface area contributed by atoms with Crippen LogP contribution in [0, 0.1) is 13.8 Å². The number of aromatic nitrogens is 5. The molecule has 2 rings (SSSR count). The molecule has 0 radical (unpaired) electrons. The van der Waals surface area contributed by atoms with Crippen LogP contribution < -0.4 is 5.32 Å². The Morgan fingerprint density at radius 2 is 1.95 bits per heavy atom. The first-order chi connectivity index (χ1) is 9.78. The normalized spacial score (nSPS) is 12.1. The summed E-state index contributed by atoms with van der Waals surface area (Å²) in [5.41, 5.74) is 3.79. The summed E-state index contributed by atoms with van der Waals surface area (Å²) in [7, 11) is 1.90. The molecule has 0 fully saturated rings. The fourth-order valence-corrected chi connectivity index (χ4v) is 2.41. The van der Waals surface area contributed by atoms with Gasteiger partial charge in [0.15, 0.2) is 0 Å². The zero-order valence-corrected chi connectivity index (χ0v) is 13.9. The van der Waals surface area contributed by atoms with Crippen LogP contribution in [0.15, 0.2) is 6.33 Å². The van der Waals surface area contributed by atoms with Crippen molar-refractivity contribution >= 4 is 0 Å². The van der Waals surface area contributed by atoms with E-state index in [1.807, 2.05) is 11.7 Å². The minimum absolute atomic E-state index is 0.149. The molecule has 0 saturated carbocycles. The van der Waals surface area contributed by atoms with Gasteiger partial charge in [0.1, 0.15) is 18.7 Å². The van der Waals surface area contributed by atoms with Gasteiger partial charge in [-0.1, -0.05) is 0 Å². The smallest absolute Gasteiger partial charge is 0.148 e. The summed E-state index contributed by atoms with van der Waals surface area (Å²) in [6.07, 6.45) is 2.57. The zero-order valence-electron chi connectivity index (χ0n) is 13.9. The van der Waals surface area contributed by atoms with Gasteiger partial charge in [-0.2, -0.15) is 10.2 Å². The first kappa shape index (κ1) is 15.7. The predicted octanol–water partition coefficient (Wildman–Crippen LogP) is 1.61. The van der Waals surface area contributed by atoms with Crippen LogP contribution in [0.1, 0.15) is 43.5 Å². The molecule has 0 saturated heterocycles. The molecule has 0 aliphatic carbocycles. The second-order valence-corrected chi connectivity index (χ2v) is 6.53. The van der Waals surface area contributed by atoms with Crippen molar-refractivity contribution in [1.82, 2.24) is 29.9 Å². The number of nitrogens with one attached hydrogen (secondary N) is 1. The van der Waals surface area contributed by atoms with Gasteiger partial charge in [-0.3, -0.25) is 9.36 Å². The Morgan fingerprint density at radius 1 is 1.24 bits per heavy atom. The number of hydrogen-bond donors (Lipinski definition) is 1. The van der Waals surface area contributed by atoms with Crippen LogP contribution in [0.25, 0.3) is 0 Å². The molecular weight excluding hydrogens is 264 g/mol. The van der Waals surface area contributed by atoms with Gasteiger partial charge in [0.05, 0.1) is 5.69 Å². The molecule has 0 spiro atoms. The summed E-state index contributed by atoms with van der Waals surface area (Å²) in [6, 6.07) is 0. The Kier molecular flexibility index (Phi) is 4.46. The molecular formula is C15H26N6. The number of hydrogen-bond acceptors (Lipinski definition) is 4. The molecule has 0 bridgehead atoms. The lowest BCUT2D eigenvalue weighted by Gasteiger charge is -2.20. The van der Waals surface area contributed by atoms with E-state index in [1.165, 1.54) is 11.3 Å². The minimum atomic E-state index is 0.149. The fourth-order valence-electron chi connectivity index (χ4n) is 2.41. The highest BCUT2D eigenvalue weighted by molar-refractivity contribution is 5.25. The Morgan fingerprint density at radius 3 is 2.52 bits per heavy atom. The first-order valence-corrected chi connectivity index (χ1v) is 7.38. The lowest BCUT2D eigenvalue weighted by atomic mass is 10.1. The van der Waals surface area contributed by atoms with Gasteiger partial charge >= 0.3 is 0 Å². The van der Waals surface area contributed by atoms with Gasteiger partial charge in [0, 0.05) is 18.3 Å². The van der Waals surface area contributed by atoms with Gasteiger partial charge in [-0.25, -0.2) is 4.98 Å². The Bertz CT molecular complexity index is 602. The second-order valence-electron chi connectivity index (χ2n) is 6.53. The Balaban J connectivity index is 2.09. The summed E-state index contributed by atoms with van der Waals surface area (Å²) >= 11 is 0. The monoisotopic (exact) mass is 290 g/mol. The second kappa shape index (κ2) is 5.97. The molecule has 0 atom stereocenters. The van der Waals surface area contributed by atoms with Gasteiger partial charge in [-0.15, -0.1) is 0 Å². The standard InChI is InChI=1S/C15H26N6/c1-11-13(7-8-17-15(3,4)5)12(2)21(19-11)9-14-16-10-18-20(14)6/h10,17H,7-9H2,1-6H3. The SMILES string of the molecule is Cc1nn(Cc2ncnn2C)c(C)c1CCNC(C)(C)C. The van der Waals surface area contributed by atoms with E-state index in [0.29, 0.717) is 6.54 Å². The van der Waals surface area contributed by atoms with Crippen LogP contribution in [0.5, 0.6) is 0 Å². The summed E-state index contributed by atoms with van der Waals surface area (Å²) in [5, 5.41) is 12.3. The summed E-state index contributed by atoms with van der Waals surface area (Å²) in [6.45, 7) is 12.4. The van der Waals surface area contributed by atoms with Gasteiger partial charge < -0.3 is 5.32 Å². The molecule has 0 amide bonds. The maximum atomic E-state index is 4.65. The van der Waals surface area contributed by atoms with Gasteiger partial charge in [0.25, 0.3) is 0 Å². The fraction of sp³-hybridized carbons (Fsp3) is 0.667. The molecule has 0 unspecified atom stereocenters. The van der Waals surface area contributed by atoms with Crippen molar-refractivity contribution in [3.8, 4) is 0 Å². The van der Waals surface area contributed by atoms with Crippen LogP contribution in [0.2, 0.25) is 0 Å². The van der Waals surface area contributed by atoms with E-state index >= 15 is 0 Å². The average Bonchev–Trinajstić information content (AvgIpc) is 2.87. The highest BCUT2D eigenvalue weighted by Crippen LogP contribution is 2.15. The highest BCUT2D eigenvalue weighted by Gasteiger charge is 2.14. The molecule has 0 aliphatic rings. The molecule has 6 nitrogen and oxygen atoms in total. The number of aryl methyl sites for hydroxylation is 2. The van der Waals surface area contributed by atoms with E-state index < -0.39 is 0 Å². The molecule has 2 aromatic heterocycles. The van der Waals surface area contributed by atoms with Crippen molar-refractivity contribution in [2.75, 3.05) is 6.54 Å². The van der Waals surface area contributed by atoms with E-state index in [1.54, 1.807) is 11.0 Å². The van der Waals surface area contributed by atoms with E-state index in [0.717, 1.165) is 24.5 Å². The largest absolute Gasteiger partial charge is 0.312 e. The van der Waals surface area contributed by atoms with Crippen LogP contribution in [0.4, 0.5) is 0 Å². The van der Waals surface area contributed by atoms with Crippen molar-refractivity contribution in [2.24, 2.45) is 7.05 Å². The Labute approximate surface area is 126 Å². The zero-order chi connectivity index (χ0) is 15.6. The summed E-state index contributed by atoms with van der Waals surface area (Å²) in [4.78, 5) is 4.26. The third-order valence-electron chi connectivity index (χ3n) is 3.66. The maximum Gasteiger partial charge on any atom is 0.148 e. The van der Waals surface area contributed by atoms with Crippen molar-refractivity contribution < 1.29 is 0 Å². The van der Waals surface area contributed by atoms with E-state index in [4.69, 9.17) is 0 Å². The van der Waals surface area contributed by atoms with Gasteiger partial charge in [-0.05, 0) is 53.1 Å². The average molecular weight is 290 g/mol. The van der Waals surface area contributed by atoms with Gasteiger partial charge in [0.2, 0.25) is 0 Å². The Hall–Kier alpha value is -1.69. The third kappa shape index (κ3) is 3.91. The predicted molar refractivity (Wildman–Crippen MR) is 83.3 cm³/mol. The molecule has 0 aliphatic heterocycles. The van der Waals surface area contributed by atoms with Crippen molar-refractivity contribution in [3.05, 3.63) is 29.1 Å². The van der Waals surface area contributed by atoms with Crippen LogP contribution >= 0.6 is 0 Å². The topological polar surface area (TPSA) is 60.6 Å². The van der Waals surface area contributed by atoms with Crippen molar-refractivity contribution in [1.29, 1.82) is 0 Å². The minimum Gasteiger partial charge on any atom is -0.312 e. The molecule has 6 heteroatoms. The molecule has 116 valence electrons. The highest BCUT2D eigenvalue weighted by atomic mass is 15.4. The molecule has 2 heterocycles. The van der Waals surface area contributed by atoms with Crippen molar-refractivity contribution in [3.63, 3.8) is 0 Å². The summed E-state index contributed by atoms with van der Waals surface area (Å²) < 4.78 is 3.81. The quantitative estimate of drug-likeness (QED) is 0.909. The van der Waals surface area contributed by atoms with Crippen LogP contribution in [0.3, 0.4) is 0 Å². The number of rotatable bonds is 5. The van der Waals surface area contributed by atoms with Crippen LogP contribution in [-0.4, -0.2) is 36.6 Å². The van der Waals surface area contributed by atoms with E-state index in [2.05, 4.69) is 55.1 Å². The van der Waals surface area contributed by atoms with E-state index in [-0.39, 0.29) is 5.54 Å². The molecule has 21 heavy (non-hydrogen) atoms. The maximum absolute atomic E-state index is 4.65.